The van der Waals surface area contributed by atoms with Crippen molar-refractivity contribution in [2.45, 2.75) is 39.0 Å². The second-order valence-corrected chi connectivity index (χ2v) is 7.19. The molecule has 1 aliphatic rings. The van der Waals surface area contributed by atoms with Gasteiger partial charge in [0.1, 0.15) is 0 Å². The molecule has 6 heteroatoms. The van der Waals surface area contributed by atoms with Gasteiger partial charge < -0.3 is 15.1 Å². The number of likely N-dealkylation sites (tertiary alicyclic amines) is 1. The molecular formula is C21H35IN4O. The quantitative estimate of drug-likeness (QED) is 0.380. The average molecular weight is 486 g/mol. The van der Waals surface area contributed by atoms with Crippen molar-refractivity contribution in [1.29, 1.82) is 0 Å². The van der Waals surface area contributed by atoms with Gasteiger partial charge in [-0.2, -0.15) is 0 Å². The SMILES string of the molecule is CCNC(=NCCC(=O)N(C)C)N1CCC(c2ccccc2)C(CC)C1.I. The van der Waals surface area contributed by atoms with Crippen molar-refractivity contribution in [3.05, 3.63) is 35.9 Å². The van der Waals surface area contributed by atoms with E-state index >= 15 is 0 Å². The van der Waals surface area contributed by atoms with E-state index in [0.717, 1.165) is 38.4 Å². The number of carbonyl (C=O) groups is 1. The van der Waals surface area contributed by atoms with Crippen LogP contribution in [0.25, 0.3) is 0 Å². The van der Waals surface area contributed by atoms with Crippen LogP contribution in [-0.2, 0) is 4.79 Å². The summed E-state index contributed by atoms with van der Waals surface area (Å²) >= 11 is 0. The summed E-state index contributed by atoms with van der Waals surface area (Å²) in [7, 11) is 3.58. The van der Waals surface area contributed by atoms with Crippen LogP contribution in [0, 0.1) is 5.92 Å². The number of piperidine rings is 1. The van der Waals surface area contributed by atoms with Gasteiger partial charge in [-0.15, -0.1) is 24.0 Å². The molecule has 0 aliphatic carbocycles. The summed E-state index contributed by atoms with van der Waals surface area (Å²) in [6.45, 7) is 7.77. The number of amides is 1. The number of aliphatic imine (C=N–C) groups is 1. The number of hydrogen-bond donors (Lipinski definition) is 1. The second kappa shape index (κ2) is 12.2. The van der Waals surface area contributed by atoms with Crippen LogP contribution in [-0.4, -0.2) is 61.9 Å². The number of hydrogen-bond acceptors (Lipinski definition) is 2. The van der Waals surface area contributed by atoms with Gasteiger partial charge in [-0.1, -0.05) is 43.7 Å². The summed E-state index contributed by atoms with van der Waals surface area (Å²) in [5, 5.41) is 3.41. The molecule has 0 bridgehead atoms. The van der Waals surface area contributed by atoms with Gasteiger partial charge in [0.05, 0.1) is 6.54 Å². The van der Waals surface area contributed by atoms with Gasteiger partial charge in [0.2, 0.25) is 5.91 Å². The molecule has 1 aromatic rings. The first-order valence-electron chi connectivity index (χ1n) is 9.85. The molecule has 0 spiro atoms. The Morgan fingerprint density at radius 2 is 1.96 bits per heavy atom. The maximum atomic E-state index is 11.8. The summed E-state index contributed by atoms with van der Waals surface area (Å²) in [6, 6.07) is 10.9. The lowest BCUT2D eigenvalue weighted by atomic mass is 9.79. The fourth-order valence-corrected chi connectivity index (χ4v) is 3.68. The minimum absolute atomic E-state index is 0. The van der Waals surface area contributed by atoms with Crippen LogP contribution in [0.3, 0.4) is 0 Å². The molecule has 1 amide bonds. The normalized spacial score (nSPS) is 20.0. The van der Waals surface area contributed by atoms with Gasteiger partial charge in [-0.3, -0.25) is 9.79 Å². The molecule has 1 heterocycles. The monoisotopic (exact) mass is 486 g/mol. The van der Waals surface area contributed by atoms with E-state index in [1.165, 1.54) is 5.56 Å². The highest BCUT2D eigenvalue weighted by Gasteiger charge is 2.30. The Morgan fingerprint density at radius 3 is 2.56 bits per heavy atom. The zero-order valence-corrected chi connectivity index (χ0v) is 19.5. The third-order valence-electron chi connectivity index (χ3n) is 5.21. The molecule has 1 saturated heterocycles. The van der Waals surface area contributed by atoms with Gasteiger partial charge in [-0.25, -0.2) is 0 Å². The highest BCUT2D eigenvalue weighted by atomic mass is 127. The topological polar surface area (TPSA) is 47.9 Å². The number of carbonyl (C=O) groups excluding carboxylic acids is 1. The third-order valence-corrected chi connectivity index (χ3v) is 5.21. The summed E-state index contributed by atoms with van der Waals surface area (Å²) in [5.74, 6) is 2.32. The Bertz CT molecular complexity index is 591. The maximum Gasteiger partial charge on any atom is 0.223 e. The van der Waals surface area contributed by atoms with E-state index in [4.69, 9.17) is 4.99 Å². The van der Waals surface area contributed by atoms with E-state index in [2.05, 4.69) is 54.4 Å². The minimum Gasteiger partial charge on any atom is -0.357 e. The third kappa shape index (κ3) is 6.97. The molecular weight excluding hydrogens is 451 g/mol. The van der Waals surface area contributed by atoms with Crippen molar-refractivity contribution >= 4 is 35.8 Å². The first-order valence-corrected chi connectivity index (χ1v) is 9.85. The molecule has 5 nitrogen and oxygen atoms in total. The Labute approximate surface area is 181 Å². The summed E-state index contributed by atoms with van der Waals surface area (Å²) in [5.41, 5.74) is 1.46. The van der Waals surface area contributed by atoms with E-state index in [1.54, 1.807) is 19.0 Å². The first-order chi connectivity index (χ1) is 12.6. The fraction of sp³-hybridized carbons (Fsp3) is 0.619. The summed E-state index contributed by atoms with van der Waals surface area (Å²) in [6.07, 6.45) is 2.76. The molecule has 2 atom stereocenters. The molecule has 1 N–H and O–H groups in total. The minimum atomic E-state index is 0. The Hall–Kier alpha value is -1.31. The molecule has 2 rings (SSSR count). The zero-order valence-electron chi connectivity index (χ0n) is 17.1. The first kappa shape index (κ1) is 23.7. The van der Waals surface area contributed by atoms with E-state index in [0.29, 0.717) is 24.8 Å². The van der Waals surface area contributed by atoms with Crippen molar-refractivity contribution in [1.82, 2.24) is 15.1 Å². The molecule has 0 aromatic heterocycles. The van der Waals surface area contributed by atoms with E-state index in [1.807, 2.05) is 0 Å². The molecule has 2 unspecified atom stereocenters. The second-order valence-electron chi connectivity index (χ2n) is 7.19. The Kier molecular flexibility index (Phi) is 10.7. The van der Waals surface area contributed by atoms with Crippen molar-refractivity contribution in [3.63, 3.8) is 0 Å². The van der Waals surface area contributed by atoms with Gasteiger partial charge >= 0.3 is 0 Å². The number of benzene rings is 1. The molecule has 1 aromatic carbocycles. The highest BCUT2D eigenvalue weighted by molar-refractivity contribution is 14.0. The predicted octanol–water partition coefficient (Wildman–Crippen LogP) is 3.56. The van der Waals surface area contributed by atoms with Gasteiger partial charge in [-0.05, 0) is 30.7 Å². The highest BCUT2D eigenvalue weighted by Crippen LogP contribution is 2.34. The number of nitrogens with zero attached hydrogens (tertiary/aromatic N) is 3. The predicted molar refractivity (Wildman–Crippen MR) is 124 cm³/mol. The van der Waals surface area contributed by atoms with Gasteiger partial charge in [0.15, 0.2) is 5.96 Å². The van der Waals surface area contributed by atoms with Crippen LogP contribution in [0.4, 0.5) is 0 Å². The van der Waals surface area contributed by atoms with E-state index < -0.39 is 0 Å². The van der Waals surface area contributed by atoms with Crippen molar-refractivity contribution in [2.24, 2.45) is 10.9 Å². The molecule has 0 radical (unpaired) electrons. The lowest BCUT2D eigenvalue weighted by Gasteiger charge is -2.40. The molecule has 152 valence electrons. The average Bonchev–Trinajstić information content (AvgIpc) is 2.67. The van der Waals surface area contributed by atoms with Crippen LogP contribution in [0.5, 0.6) is 0 Å². The number of nitrogens with one attached hydrogen (secondary N) is 1. The number of halogens is 1. The number of rotatable bonds is 6. The van der Waals surface area contributed by atoms with Crippen LogP contribution < -0.4 is 5.32 Å². The van der Waals surface area contributed by atoms with Crippen LogP contribution >= 0.6 is 24.0 Å². The largest absolute Gasteiger partial charge is 0.357 e. The Morgan fingerprint density at radius 1 is 1.26 bits per heavy atom. The smallest absolute Gasteiger partial charge is 0.223 e. The lowest BCUT2D eigenvalue weighted by Crippen LogP contribution is -2.48. The van der Waals surface area contributed by atoms with E-state index in [9.17, 15) is 4.79 Å². The summed E-state index contributed by atoms with van der Waals surface area (Å²) in [4.78, 5) is 20.5. The van der Waals surface area contributed by atoms with Crippen LogP contribution in [0.1, 0.15) is 44.6 Å². The molecule has 1 aliphatic heterocycles. The lowest BCUT2D eigenvalue weighted by molar-refractivity contribution is -0.128. The maximum absolute atomic E-state index is 11.8. The number of guanidine groups is 1. The van der Waals surface area contributed by atoms with Crippen molar-refractivity contribution < 1.29 is 4.79 Å². The Balaban J connectivity index is 0.00000364. The molecule has 0 saturated carbocycles. The van der Waals surface area contributed by atoms with Crippen LogP contribution in [0.15, 0.2) is 35.3 Å². The molecule has 1 fully saturated rings. The van der Waals surface area contributed by atoms with Crippen LogP contribution in [0.2, 0.25) is 0 Å². The van der Waals surface area contributed by atoms with Crippen molar-refractivity contribution in [3.8, 4) is 0 Å². The molecule has 27 heavy (non-hydrogen) atoms. The van der Waals surface area contributed by atoms with Gasteiger partial charge in [0.25, 0.3) is 0 Å². The zero-order chi connectivity index (χ0) is 18.9. The van der Waals surface area contributed by atoms with Gasteiger partial charge in [0, 0.05) is 40.2 Å². The standard InChI is InChI=1S/C21H34N4O.HI/c1-5-17-16-25(15-13-19(17)18-10-8-7-9-11-18)21(22-6-2)23-14-12-20(26)24(3)4;/h7-11,17,19H,5-6,12-16H2,1-4H3,(H,22,23);1H. The summed E-state index contributed by atoms with van der Waals surface area (Å²) < 4.78 is 0. The fourth-order valence-electron chi connectivity index (χ4n) is 3.68. The van der Waals surface area contributed by atoms with E-state index in [-0.39, 0.29) is 29.9 Å². The van der Waals surface area contributed by atoms with Crippen molar-refractivity contribution in [2.75, 3.05) is 40.3 Å².